The van der Waals surface area contributed by atoms with Crippen molar-refractivity contribution in [1.29, 1.82) is 0 Å². The Hall–Kier alpha value is -2.39. The van der Waals surface area contributed by atoms with Crippen LogP contribution in [0.5, 0.6) is 0 Å². The first-order valence-corrected chi connectivity index (χ1v) is 8.40. The first kappa shape index (κ1) is 18.0. The van der Waals surface area contributed by atoms with Gasteiger partial charge in [-0.1, -0.05) is 38.1 Å². The maximum Gasteiger partial charge on any atom is 0.335 e. The van der Waals surface area contributed by atoms with Gasteiger partial charge in [-0.15, -0.1) is 11.8 Å². The summed E-state index contributed by atoms with van der Waals surface area (Å²) in [5.74, 6) is -0.361. The number of rotatable bonds is 6. The van der Waals surface area contributed by atoms with Crippen molar-refractivity contribution in [1.82, 2.24) is 21.6 Å². The fourth-order valence-electron chi connectivity index (χ4n) is 1.86. The van der Waals surface area contributed by atoms with Crippen molar-refractivity contribution in [3.63, 3.8) is 0 Å². The van der Waals surface area contributed by atoms with Crippen molar-refractivity contribution in [3.8, 4) is 0 Å². The molecular weight excluding hydrogens is 330 g/mol. The second-order valence-corrected chi connectivity index (χ2v) is 6.49. The number of urea groups is 1. The van der Waals surface area contributed by atoms with Gasteiger partial charge in [0.05, 0.1) is 12.0 Å². The molecular formula is C15H19N5O3S. The molecule has 0 spiro atoms. The monoisotopic (exact) mass is 349 g/mol. The van der Waals surface area contributed by atoms with E-state index in [0.717, 1.165) is 17.3 Å². The second-order valence-electron chi connectivity index (χ2n) is 5.39. The summed E-state index contributed by atoms with van der Waals surface area (Å²) in [7, 11) is 0. The smallest absolute Gasteiger partial charge is 0.275 e. The van der Waals surface area contributed by atoms with E-state index in [9.17, 15) is 14.4 Å². The Morgan fingerprint density at radius 3 is 2.67 bits per heavy atom. The lowest BCUT2D eigenvalue weighted by Gasteiger charge is -2.22. The minimum atomic E-state index is -0.721. The molecule has 128 valence electrons. The van der Waals surface area contributed by atoms with Crippen molar-refractivity contribution < 1.29 is 14.4 Å². The third-order valence-corrected chi connectivity index (χ3v) is 4.27. The molecule has 1 heterocycles. The van der Waals surface area contributed by atoms with E-state index in [2.05, 4.69) is 40.5 Å². The molecule has 1 aliphatic rings. The molecule has 1 atom stereocenters. The number of carbonyl (C=O) groups excluding carboxylic acids is 3. The Labute approximate surface area is 143 Å². The zero-order chi connectivity index (χ0) is 17.5. The maximum absolute atomic E-state index is 11.7. The molecule has 9 heteroatoms. The molecule has 1 aromatic carbocycles. The van der Waals surface area contributed by atoms with E-state index in [4.69, 9.17) is 0 Å². The lowest BCUT2D eigenvalue weighted by molar-refractivity contribution is -0.121. The van der Waals surface area contributed by atoms with E-state index < -0.39 is 17.3 Å². The molecule has 1 aromatic rings. The minimum Gasteiger partial charge on any atom is -0.275 e. The van der Waals surface area contributed by atoms with E-state index in [1.54, 1.807) is 6.21 Å². The molecule has 24 heavy (non-hydrogen) atoms. The summed E-state index contributed by atoms with van der Waals surface area (Å²) in [5.41, 5.74) is 9.27. The summed E-state index contributed by atoms with van der Waals surface area (Å²) in [5, 5.41) is 5.26. The van der Waals surface area contributed by atoms with Gasteiger partial charge in [0.2, 0.25) is 5.91 Å². The van der Waals surface area contributed by atoms with Gasteiger partial charge in [0, 0.05) is 0 Å². The molecule has 0 aromatic heterocycles. The highest BCUT2D eigenvalue weighted by Gasteiger charge is 2.26. The summed E-state index contributed by atoms with van der Waals surface area (Å²) in [4.78, 5) is 34.1. The molecule has 4 N–H and O–H groups in total. The fourth-order valence-corrected chi connectivity index (χ4v) is 2.59. The maximum atomic E-state index is 11.7. The topological polar surface area (TPSA) is 112 Å². The molecule has 1 unspecified atom stereocenters. The van der Waals surface area contributed by atoms with Crippen LogP contribution in [0, 0.1) is 0 Å². The third kappa shape index (κ3) is 5.36. The van der Waals surface area contributed by atoms with Crippen LogP contribution < -0.4 is 21.6 Å². The number of nitrogens with zero attached hydrogens (tertiary/aromatic N) is 1. The van der Waals surface area contributed by atoms with Crippen LogP contribution in [-0.2, 0) is 9.59 Å². The van der Waals surface area contributed by atoms with Crippen LogP contribution in [0.4, 0.5) is 4.79 Å². The highest BCUT2D eigenvalue weighted by molar-refractivity contribution is 8.01. The predicted octanol–water partition coefficient (Wildman–Crippen LogP) is 0.663. The molecule has 2 rings (SSSR count). The molecule has 4 amide bonds. The van der Waals surface area contributed by atoms with Gasteiger partial charge in [-0.2, -0.15) is 5.10 Å². The highest BCUT2D eigenvalue weighted by atomic mass is 32.2. The molecule has 0 saturated carbocycles. The number of amides is 4. The van der Waals surface area contributed by atoms with Crippen molar-refractivity contribution in [2.75, 3.05) is 5.75 Å². The molecule has 0 aliphatic carbocycles. The largest absolute Gasteiger partial charge is 0.335 e. The normalized spacial score (nSPS) is 17.7. The van der Waals surface area contributed by atoms with Gasteiger partial charge in [-0.25, -0.2) is 15.6 Å². The van der Waals surface area contributed by atoms with Gasteiger partial charge >= 0.3 is 6.03 Å². The van der Waals surface area contributed by atoms with E-state index in [-0.39, 0.29) is 11.7 Å². The first-order valence-electron chi connectivity index (χ1n) is 7.35. The predicted molar refractivity (Wildman–Crippen MR) is 92.3 cm³/mol. The number of hydrazine groups is 1. The average Bonchev–Trinajstić information content (AvgIpc) is 2.54. The first-order chi connectivity index (χ1) is 11.5. The Bertz CT molecular complexity index is 645. The molecule has 0 radical (unpaired) electrons. The van der Waals surface area contributed by atoms with Crippen LogP contribution in [0.3, 0.4) is 0 Å². The van der Waals surface area contributed by atoms with E-state index in [0.29, 0.717) is 5.92 Å². The van der Waals surface area contributed by atoms with Crippen LogP contribution in [0.1, 0.15) is 30.9 Å². The summed E-state index contributed by atoms with van der Waals surface area (Å²) in [6.07, 6.45) is 1.55. The summed E-state index contributed by atoms with van der Waals surface area (Å²) >= 11 is 1.04. The Kier molecular flexibility index (Phi) is 6.33. The average molecular weight is 349 g/mol. The zero-order valence-electron chi connectivity index (χ0n) is 13.3. The van der Waals surface area contributed by atoms with Crippen molar-refractivity contribution >= 4 is 35.8 Å². The molecule has 1 aliphatic heterocycles. The van der Waals surface area contributed by atoms with Crippen LogP contribution in [0.2, 0.25) is 0 Å². The molecule has 8 nitrogen and oxygen atoms in total. The lowest BCUT2D eigenvalue weighted by atomic mass is 10.0. The number of benzene rings is 1. The van der Waals surface area contributed by atoms with Crippen molar-refractivity contribution in [2.24, 2.45) is 5.10 Å². The van der Waals surface area contributed by atoms with Gasteiger partial charge in [-0.05, 0) is 17.0 Å². The lowest BCUT2D eigenvalue weighted by Crippen LogP contribution is -2.61. The third-order valence-electron chi connectivity index (χ3n) is 3.18. The zero-order valence-corrected chi connectivity index (χ0v) is 14.1. The molecule has 0 bridgehead atoms. The van der Waals surface area contributed by atoms with E-state index in [1.807, 2.05) is 24.3 Å². The van der Waals surface area contributed by atoms with Gasteiger partial charge in [0.1, 0.15) is 0 Å². The SMILES string of the molecule is CC(C)c1ccc(/C=N/NC(=O)CSC2NNC(=O)NC2=O)cc1. The second kappa shape index (κ2) is 8.46. The van der Waals surface area contributed by atoms with Gasteiger partial charge in [0.15, 0.2) is 5.37 Å². The summed E-state index contributed by atoms with van der Waals surface area (Å²) in [6.45, 7) is 4.24. The minimum absolute atomic E-state index is 0.0184. The number of carbonyl (C=O) groups is 3. The number of thioether (sulfide) groups is 1. The highest BCUT2D eigenvalue weighted by Crippen LogP contribution is 2.13. The Balaban J connectivity index is 1.74. The number of hydrogen-bond acceptors (Lipinski definition) is 6. The number of hydrogen-bond donors (Lipinski definition) is 4. The Morgan fingerprint density at radius 1 is 1.33 bits per heavy atom. The number of nitrogens with one attached hydrogen (secondary N) is 4. The summed E-state index contributed by atoms with van der Waals surface area (Å²) in [6, 6.07) is 7.28. The fraction of sp³-hybridized carbons (Fsp3) is 0.333. The Morgan fingerprint density at radius 2 is 2.04 bits per heavy atom. The van der Waals surface area contributed by atoms with Crippen molar-refractivity contribution in [2.45, 2.75) is 25.1 Å². The van der Waals surface area contributed by atoms with Gasteiger partial charge in [0.25, 0.3) is 5.91 Å². The van der Waals surface area contributed by atoms with Gasteiger partial charge < -0.3 is 0 Å². The quantitative estimate of drug-likeness (QED) is 0.445. The standard InChI is InChI=1S/C15H19N5O3S/c1-9(2)11-5-3-10(4-6-11)7-16-18-12(21)8-24-14-13(22)17-15(23)20-19-14/h3-7,9,14,19H,8H2,1-2H3,(H,18,21)(H2,17,20,22,23)/b16-7+. The van der Waals surface area contributed by atoms with Crippen LogP contribution in [0.15, 0.2) is 29.4 Å². The van der Waals surface area contributed by atoms with E-state index in [1.165, 1.54) is 5.56 Å². The van der Waals surface area contributed by atoms with Crippen LogP contribution in [0.25, 0.3) is 0 Å². The number of hydrazone groups is 1. The molecule has 1 fully saturated rings. The molecule has 1 saturated heterocycles. The van der Waals surface area contributed by atoms with Gasteiger partial charge in [-0.3, -0.25) is 20.3 Å². The van der Waals surface area contributed by atoms with Crippen LogP contribution >= 0.6 is 11.8 Å². The van der Waals surface area contributed by atoms with Crippen LogP contribution in [-0.4, -0.2) is 35.2 Å². The van der Waals surface area contributed by atoms with E-state index >= 15 is 0 Å². The summed E-state index contributed by atoms with van der Waals surface area (Å²) < 4.78 is 0. The number of imide groups is 1. The van der Waals surface area contributed by atoms with Crippen molar-refractivity contribution in [3.05, 3.63) is 35.4 Å².